The summed E-state index contributed by atoms with van der Waals surface area (Å²) in [5.41, 5.74) is -3.40. The standard InChI is InChI=1S/C29H23BrF7N3O2.2C16H20BNO3.C12H24B2O4.C11H11NO4S.C10H9NO2.CClF3O2S/c1-27(2,42)6-5-18-3-4-22(30)24(38-18)15(7-14-8-16(31)11-17(32)9-14)10-19(41)13-40-26-23(25(39-40)29(35,36)37)20-12-21(20)28(26,33)34;2*1-14(2)15(3,4)21-17(20-14)10-5-6-12-11(9-10)13(19)18-16(12)7-8-16;1-9(2)10(3,4)16-13(15-9)14-17-11(5,6)12(7,8)18-14;1-17(14,15)16-7-2-3-9-8(6-7)10(13)12-11(9)4-5-11;12-6-1-2-8-7(5-6)9(13)11-10(8)3-4-10;2-8(6,7)1(3,4)5/h3-4,8-9,11,15,20-21,42H,7,10,12-13H2,1-2H3;2*5-6,9H,7-8H2,1-4H3,(H,18,19);1-8H3;2-3,6H,4-5H2,1H3,(H,12,13);1-2,5,12H,3-4H2,(H,11,13);/t15-,20+,21-;;;;;;/m1....../s1. The van der Waals surface area contributed by atoms with Gasteiger partial charge in [0.15, 0.2) is 11.5 Å². The Morgan fingerprint density at radius 1 is 0.564 bits per heavy atom. The predicted molar refractivity (Wildman–Crippen MR) is 500 cm³/mol. The van der Waals surface area contributed by atoms with Crippen LogP contribution in [0, 0.1) is 29.4 Å². The van der Waals surface area contributed by atoms with Crippen molar-refractivity contribution in [1.82, 2.24) is 36.0 Å². The first kappa shape index (κ1) is 105. The highest BCUT2D eigenvalue weighted by Crippen LogP contribution is 2.69. The van der Waals surface area contributed by atoms with E-state index in [1.165, 1.54) is 32.0 Å². The average molecular weight is 2080 g/mol. The molecule has 6 N–H and O–H groups in total. The second kappa shape index (κ2) is 35.5. The number of carbonyl (C=O) groups excluding carboxylic acids is 5. The molecule has 750 valence electrons. The summed E-state index contributed by atoms with van der Waals surface area (Å²) in [6.07, 6.45) is 3.47. The van der Waals surface area contributed by atoms with Gasteiger partial charge in [-0.2, -0.15) is 48.6 Å². The fraction of sp³-hybridized carbons (Fsp3) is 0.526. The number of ketones is 1. The molecule has 27 nitrogen and oxygen atoms in total. The third-order valence-corrected chi connectivity index (χ3v) is 31.3. The predicted octanol–water partition coefficient (Wildman–Crippen LogP) is 15.3. The van der Waals surface area contributed by atoms with Gasteiger partial charge in [-0.05, 0) is 316 Å². The Hall–Kier alpha value is -8.96. The molecule has 9 fully saturated rings. The number of pyridine rings is 1. The van der Waals surface area contributed by atoms with Crippen LogP contribution in [0.2, 0.25) is 0 Å². The zero-order chi connectivity index (χ0) is 103. The zero-order valence-corrected chi connectivity index (χ0v) is 84.3. The number of alkyl halides is 8. The van der Waals surface area contributed by atoms with Gasteiger partial charge in [0.1, 0.15) is 46.7 Å². The number of carbonyl (C=O) groups is 5. The highest BCUT2D eigenvalue weighted by Gasteiger charge is 2.69. The SMILES string of the molecule is CC(C)(O)C#Cc1ccc(Br)c([C@@H](CC(=O)Cn2nc(C(F)(F)F)c3c2C(F)(F)[C@@H]2C[C@H]32)Cc2cc(F)cc(F)c2)n1.CC1(C)OB(B2OC(C)(C)C(C)(C)O2)OC1(C)C.CC1(C)OB(c2ccc3c(c2)C(=O)NC32CC2)OC1(C)C.CC1(C)OB(c2ccc3c(c2)C(=O)NC32CC2)OC1(C)C.CS(=O)(=O)Oc1ccc2c(c1)C(=O)NC21CC1.O=C1NC2(CC2)c2ccc(O)cc21.O=S(=O)(Cl)C(F)(F)F. The first-order valence-corrected chi connectivity index (χ1v) is 50.4. The molecule has 5 aromatic carbocycles. The number of nitrogens with one attached hydrogen (secondary N) is 4. The molecule has 0 bridgehead atoms. The van der Waals surface area contributed by atoms with Crippen LogP contribution in [0.4, 0.5) is 43.9 Å². The molecule has 10 heterocycles. The lowest BCUT2D eigenvalue weighted by Gasteiger charge is -2.32. The molecule has 14 aliphatic rings. The third-order valence-electron chi connectivity index (χ3n) is 29.0. The van der Waals surface area contributed by atoms with Crippen molar-refractivity contribution in [1.29, 1.82) is 0 Å². The number of fused-ring (bicyclic) bond motifs is 11. The molecule has 8 aliphatic heterocycles. The summed E-state index contributed by atoms with van der Waals surface area (Å²) in [6, 6.07) is 27.8. The van der Waals surface area contributed by atoms with Gasteiger partial charge in [-0.3, -0.25) is 28.7 Å². The monoisotopic (exact) mass is 2080 g/mol. The molecule has 4 amide bonds. The van der Waals surface area contributed by atoms with Crippen LogP contribution in [-0.2, 0) is 108 Å². The van der Waals surface area contributed by atoms with E-state index in [0.29, 0.717) is 26.3 Å². The second-order valence-corrected chi connectivity index (χ2v) is 47.4. The molecular weight excluding hydrogens is 1970 g/mol. The minimum atomic E-state index is -5.37. The first-order chi connectivity index (χ1) is 64.2. The van der Waals surface area contributed by atoms with Crippen molar-refractivity contribution in [3.63, 3.8) is 0 Å². The van der Waals surface area contributed by atoms with Crippen molar-refractivity contribution in [3.8, 4) is 23.3 Å². The van der Waals surface area contributed by atoms with Crippen molar-refractivity contribution >= 4 is 114 Å². The van der Waals surface area contributed by atoms with Crippen molar-refractivity contribution in [3.05, 3.63) is 198 Å². The van der Waals surface area contributed by atoms with Crippen molar-refractivity contribution in [2.75, 3.05) is 6.26 Å². The third kappa shape index (κ3) is 21.2. The Labute approximate surface area is 818 Å². The van der Waals surface area contributed by atoms with Crippen LogP contribution in [0.3, 0.4) is 0 Å². The fourth-order valence-corrected chi connectivity index (χ4v) is 19.0. The molecule has 140 heavy (non-hydrogen) atoms. The van der Waals surface area contributed by atoms with Crippen LogP contribution in [-0.4, -0.2) is 162 Å². The molecule has 3 atom stereocenters. The summed E-state index contributed by atoms with van der Waals surface area (Å²) in [7, 11) is -6.85. The van der Waals surface area contributed by atoms with E-state index < -0.39 is 136 Å². The molecule has 4 spiro atoms. The lowest BCUT2D eigenvalue weighted by atomic mass is 9.49. The van der Waals surface area contributed by atoms with Gasteiger partial charge in [-0.25, -0.2) is 22.2 Å². The van der Waals surface area contributed by atoms with Crippen LogP contribution in [0.25, 0.3) is 0 Å². The quantitative estimate of drug-likeness (QED) is 0.0217. The summed E-state index contributed by atoms with van der Waals surface area (Å²) >= 11 is 3.35. The number of hydrogen-bond donors (Lipinski definition) is 6. The van der Waals surface area contributed by atoms with Gasteiger partial charge < -0.3 is 72.9 Å². The molecule has 6 aliphatic carbocycles. The summed E-state index contributed by atoms with van der Waals surface area (Å²) < 4.78 is 226. The Bertz CT molecular complexity index is 6300. The molecule has 21 rings (SSSR count). The number of aliphatic hydroxyl groups is 1. The highest BCUT2D eigenvalue weighted by molar-refractivity contribution is 9.10. The van der Waals surface area contributed by atoms with E-state index >= 15 is 0 Å². The smallest absolute Gasteiger partial charge is 0.508 e. The topological polar surface area (TPSA) is 356 Å². The summed E-state index contributed by atoms with van der Waals surface area (Å²) in [6.45, 7) is 34.5. The van der Waals surface area contributed by atoms with Gasteiger partial charge in [-0.15, -0.1) is 0 Å². The van der Waals surface area contributed by atoms with Gasteiger partial charge in [0.05, 0.1) is 78.9 Å². The minimum absolute atomic E-state index is 0.0286. The number of halogens is 12. The molecule has 7 aromatic rings. The van der Waals surface area contributed by atoms with Crippen molar-refractivity contribution in [2.24, 2.45) is 5.92 Å². The minimum Gasteiger partial charge on any atom is -0.508 e. The number of hydrogen-bond acceptors (Lipinski definition) is 22. The van der Waals surface area contributed by atoms with Crippen LogP contribution >= 0.6 is 26.6 Å². The number of amides is 4. The number of phenols is 1. The molecule has 0 unspecified atom stereocenters. The normalized spacial score (nSPS) is 23.2. The van der Waals surface area contributed by atoms with Crippen LogP contribution < -0.4 is 36.4 Å². The Balaban J connectivity index is 0.000000130. The van der Waals surface area contributed by atoms with Gasteiger partial charge in [0.2, 0.25) is 0 Å². The lowest BCUT2D eigenvalue weighted by Crippen LogP contribution is -2.41. The van der Waals surface area contributed by atoms with E-state index in [1.54, 1.807) is 24.3 Å². The van der Waals surface area contributed by atoms with Crippen molar-refractivity contribution < 1.29 is 136 Å². The maximum absolute atomic E-state index is 15.0. The summed E-state index contributed by atoms with van der Waals surface area (Å²) in [4.78, 5) is 65.2. The van der Waals surface area contributed by atoms with E-state index in [1.807, 2.05) is 141 Å². The van der Waals surface area contributed by atoms with E-state index in [-0.39, 0.29) is 132 Å². The Kier molecular flexibility index (Phi) is 26.7. The molecular formula is C95H107B4BrClF10N7O20S2. The maximum atomic E-state index is 15.0. The number of nitrogens with zero attached hydrogens (tertiary/aromatic N) is 3. The molecule has 4 saturated heterocycles. The van der Waals surface area contributed by atoms with Crippen LogP contribution in [0.1, 0.15) is 298 Å². The van der Waals surface area contributed by atoms with Crippen molar-refractivity contribution in [2.45, 2.75) is 304 Å². The molecule has 0 radical (unpaired) electrons. The van der Waals surface area contributed by atoms with Gasteiger partial charge >= 0.3 is 59.1 Å². The number of Topliss-reactive ketones (excluding diaryl/α,β-unsaturated/α-hetero) is 1. The van der Waals surface area contributed by atoms with Crippen LogP contribution in [0.15, 0.2) is 108 Å². The number of benzene rings is 5. The highest BCUT2D eigenvalue weighted by atomic mass is 79.9. The van der Waals surface area contributed by atoms with Gasteiger partial charge in [-0.1, -0.05) is 42.3 Å². The second-order valence-electron chi connectivity index (χ2n) is 42.4. The Morgan fingerprint density at radius 2 is 0.936 bits per heavy atom. The van der Waals surface area contributed by atoms with Crippen LogP contribution in [0.5, 0.6) is 11.5 Å². The van der Waals surface area contributed by atoms with E-state index in [2.05, 4.69) is 81.9 Å². The lowest BCUT2D eigenvalue weighted by molar-refractivity contribution is -0.142. The number of aromatic hydroxyl groups is 1. The molecule has 2 aromatic heterocycles. The maximum Gasteiger partial charge on any atom is 0.511 e. The molecule has 45 heteroatoms. The fourth-order valence-electron chi connectivity index (χ4n) is 18.0. The summed E-state index contributed by atoms with van der Waals surface area (Å²) in [5, 5.41) is 34.6. The zero-order valence-electron chi connectivity index (χ0n) is 80.3. The number of phenolic OH excluding ortho intramolecular Hbond substituents is 1. The number of aromatic nitrogens is 3. The largest absolute Gasteiger partial charge is 0.511 e. The van der Waals surface area contributed by atoms with Gasteiger partial charge in [0.25, 0.3) is 29.6 Å². The molecule has 5 saturated carbocycles. The Morgan fingerprint density at radius 3 is 1.31 bits per heavy atom. The summed E-state index contributed by atoms with van der Waals surface area (Å²) in [5.74, 6) is -3.64. The number of rotatable bonds is 12. The van der Waals surface area contributed by atoms with E-state index in [4.69, 9.17) is 41.4 Å². The van der Waals surface area contributed by atoms with E-state index in [0.717, 1.165) is 114 Å². The van der Waals surface area contributed by atoms with Gasteiger partial charge in [0, 0.05) is 67.3 Å². The first-order valence-electron chi connectivity index (χ1n) is 45.5. The average Bonchev–Trinajstić information content (AvgIpc) is 1.51. The van der Waals surface area contributed by atoms with E-state index in [9.17, 15) is 94.9 Å².